The van der Waals surface area contributed by atoms with Crippen molar-refractivity contribution in [2.45, 2.75) is 30.2 Å². The third-order valence-corrected chi connectivity index (χ3v) is 7.72. The highest BCUT2D eigenvalue weighted by atomic mass is 35.5. The Hall–Kier alpha value is -2.94. The molecular formula is C23H21ClN4O3S. The number of anilines is 1. The summed E-state index contributed by atoms with van der Waals surface area (Å²) in [4.78, 5) is 16.4. The number of halogens is 1. The Balaban J connectivity index is 1.50. The molecule has 9 heteroatoms. The Morgan fingerprint density at radius 1 is 1.03 bits per heavy atom. The molecule has 0 unspecified atom stereocenters. The van der Waals surface area contributed by atoms with Crippen LogP contribution < -0.4 is 15.8 Å². The molecule has 0 spiro atoms. The van der Waals surface area contributed by atoms with E-state index in [0.717, 1.165) is 47.1 Å². The first-order valence-electron chi connectivity index (χ1n) is 10.3. The van der Waals surface area contributed by atoms with Gasteiger partial charge in [-0.2, -0.15) is 0 Å². The summed E-state index contributed by atoms with van der Waals surface area (Å²) in [5, 5.41) is 2.98. The lowest BCUT2D eigenvalue weighted by molar-refractivity contribution is 0.0946. The highest BCUT2D eigenvalue weighted by molar-refractivity contribution is 7.89. The number of rotatable bonds is 5. The van der Waals surface area contributed by atoms with E-state index in [2.05, 4.69) is 15.0 Å². The lowest BCUT2D eigenvalue weighted by atomic mass is 9.94. The number of hydrogen-bond donors (Lipinski definition) is 3. The highest BCUT2D eigenvalue weighted by Crippen LogP contribution is 2.34. The number of aromatic nitrogens is 1. The Morgan fingerprint density at radius 3 is 2.56 bits per heavy atom. The van der Waals surface area contributed by atoms with Crippen molar-refractivity contribution in [3.8, 4) is 22.3 Å². The van der Waals surface area contributed by atoms with E-state index in [1.807, 2.05) is 18.2 Å². The minimum absolute atomic E-state index is 0.00212. The molecule has 2 heterocycles. The second kappa shape index (κ2) is 7.88. The maximum absolute atomic E-state index is 12.5. The van der Waals surface area contributed by atoms with Crippen LogP contribution in [0, 0.1) is 0 Å². The number of sulfonamides is 1. The second-order valence-electron chi connectivity index (χ2n) is 8.08. The summed E-state index contributed by atoms with van der Waals surface area (Å²) in [5.74, 6) is 0.298. The predicted molar refractivity (Wildman–Crippen MR) is 124 cm³/mol. The van der Waals surface area contributed by atoms with Gasteiger partial charge in [-0.3, -0.25) is 4.79 Å². The molecule has 0 radical (unpaired) electrons. The quantitative estimate of drug-likeness (QED) is 0.531. The van der Waals surface area contributed by atoms with Crippen LogP contribution in [0.3, 0.4) is 0 Å². The first-order valence-corrected chi connectivity index (χ1v) is 12.2. The summed E-state index contributed by atoms with van der Waals surface area (Å²) in [6.45, 7) is 0.604. The van der Waals surface area contributed by atoms with E-state index in [-0.39, 0.29) is 21.9 Å². The minimum atomic E-state index is -3.65. The SMILES string of the molecule is Nc1ncc(-c2ccc(S(=O)(=O)NC3CC3)c(Cl)c2)cc1-c1ccc2c(c1)CCNC2=O. The zero-order chi connectivity index (χ0) is 22.5. The molecule has 3 aromatic rings. The third-order valence-electron chi connectivity index (χ3n) is 5.71. The van der Waals surface area contributed by atoms with Crippen LogP contribution in [0.2, 0.25) is 5.02 Å². The number of carbonyl (C=O) groups excluding carboxylic acids is 1. The highest BCUT2D eigenvalue weighted by Gasteiger charge is 2.29. The summed E-state index contributed by atoms with van der Waals surface area (Å²) in [6, 6.07) is 12.4. The van der Waals surface area contributed by atoms with Gasteiger partial charge in [-0.25, -0.2) is 18.1 Å². The van der Waals surface area contributed by atoms with Crippen molar-refractivity contribution < 1.29 is 13.2 Å². The van der Waals surface area contributed by atoms with Crippen molar-refractivity contribution in [2.75, 3.05) is 12.3 Å². The van der Waals surface area contributed by atoms with Crippen molar-refractivity contribution in [3.05, 3.63) is 64.8 Å². The van der Waals surface area contributed by atoms with Crippen LogP contribution in [-0.2, 0) is 16.4 Å². The van der Waals surface area contributed by atoms with Gasteiger partial charge < -0.3 is 11.1 Å². The standard InChI is InChI=1S/C23H21ClN4O3S/c24-20-11-13(2-6-21(20)32(30,31)28-17-3-4-17)16-10-19(22(25)27-12-16)14-1-5-18-15(9-14)7-8-26-23(18)29/h1-2,5-6,9-12,17,28H,3-4,7-8H2,(H2,25,27)(H,26,29). The molecule has 0 bridgehead atoms. The lowest BCUT2D eigenvalue weighted by Gasteiger charge is -2.18. The van der Waals surface area contributed by atoms with Crippen LogP contribution in [0.5, 0.6) is 0 Å². The molecule has 1 saturated carbocycles. The van der Waals surface area contributed by atoms with Gasteiger partial charge >= 0.3 is 0 Å². The molecular weight excluding hydrogens is 448 g/mol. The van der Waals surface area contributed by atoms with Crippen molar-refractivity contribution in [1.82, 2.24) is 15.0 Å². The van der Waals surface area contributed by atoms with E-state index in [0.29, 0.717) is 17.9 Å². The number of nitrogens with zero attached hydrogens (tertiary/aromatic N) is 1. The maximum atomic E-state index is 12.5. The Morgan fingerprint density at radius 2 is 1.81 bits per heavy atom. The van der Waals surface area contributed by atoms with Gasteiger partial charge in [-0.05, 0) is 60.2 Å². The van der Waals surface area contributed by atoms with E-state index in [4.69, 9.17) is 17.3 Å². The number of fused-ring (bicyclic) bond motifs is 1. The number of nitrogens with one attached hydrogen (secondary N) is 2. The first kappa shape index (κ1) is 20.9. The van der Waals surface area contributed by atoms with Crippen molar-refractivity contribution in [1.29, 1.82) is 0 Å². The van der Waals surface area contributed by atoms with Crippen LogP contribution in [0.4, 0.5) is 5.82 Å². The summed E-state index contributed by atoms with van der Waals surface area (Å²) >= 11 is 6.35. The van der Waals surface area contributed by atoms with Gasteiger partial charge in [0, 0.05) is 35.5 Å². The monoisotopic (exact) mass is 468 g/mol. The zero-order valence-electron chi connectivity index (χ0n) is 17.1. The van der Waals surface area contributed by atoms with Crippen molar-refractivity contribution >= 4 is 33.3 Å². The van der Waals surface area contributed by atoms with Gasteiger partial charge in [0.15, 0.2) is 0 Å². The second-order valence-corrected chi connectivity index (χ2v) is 10.2. The predicted octanol–water partition coefficient (Wildman–Crippen LogP) is 3.38. The van der Waals surface area contributed by atoms with Crippen LogP contribution >= 0.6 is 11.6 Å². The van der Waals surface area contributed by atoms with Crippen LogP contribution in [0.15, 0.2) is 53.6 Å². The number of carbonyl (C=O) groups is 1. The van der Waals surface area contributed by atoms with E-state index in [9.17, 15) is 13.2 Å². The fraction of sp³-hybridized carbons (Fsp3) is 0.217. The van der Waals surface area contributed by atoms with E-state index < -0.39 is 10.0 Å². The molecule has 1 aliphatic carbocycles. The third kappa shape index (κ3) is 3.97. The summed E-state index contributed by atoms with van der Waals surface area (Å²) in [6.07, 6.45) is 4.08. The Kier molecular flexibility index (Phi) is 5.16. The first-order chi connectivity index (χ1) is 15.3. The molecule has 4 N–H and O–H groups in total. The van der Waals surface area contributed by atoms with Crippen LogP contribution in [-0.4, -0.2) is 31.9 Å². The summed E-state index contributed by atoms with van der Waals surface area (Å²) < 4.78 is 27.7. The molecule has 164 valence electrons. The van der Waals surface area contributed by atoms with Gasteiger partial charge in [0.05, 0.1) is 5.02 Å². The van der Waals surface area contributed by atoms with Crippen LogP contribution in [0.25, 0.3) is 22.3 Å². The van der Waals surface area contributed by atoms with Crippen molar-refractivity contribution in [2.24, 2.45) is 0 Å². The zero-order valence-corrected chi connectivity index (χ0v) is 18.6. The molecule has 0 saturated heterocycles. The van der Waals surface area contributed by atoms with Gasteiger partial charge in [0.25, 0.3) is 5.91 Å². The molecule has 32 heavy (non-hydrogen) atoms. The molecule has 5 rings (SSSR count). The minimum Gasteiger partial charge on any atom is -0.383 e. The average molecular weight is 469 g/mol. The number of hydrogen-bond acceptors (Lipinski definition) is 5. The summed E-state index contributed by atoms with van der Waals surface area (Å²) in [7, 11) is -3.65. The van der Waals surface area contributed by atoms with E-state index in [1.54, 1.807) is 24.4 Å². The van der Waals surface area contributed by atoms with Crippen LogP contribution in [0.1, 0.15) is 28.8 Å². The number of pyridine rings is 1. The fourth-order valence-electron chi connectivity index (χ4n) is 3.84. The number of nitrogens with two attached hydrogens (primary N) is 1. The average Bonchev–Trinajstić information content (AvgIpc) is 3.57. The lowest BCUT2D eigenvalue weighted by Crippen LogP contribution is -2.31. The number of benzene rings is 2. The molecule has 2 aromatic carbocycles. The summed E-state index contributed by atoms with van der Waals surface area (Å²) in [5.41, 5.74) is 10.9. The van der Waals surface area contributed by atoms with E-state index in [1.165, 1.54) is 6.07 Å². The topological polar surface area (TPSA) is 114 Å². The normalized spacial score (nSPS) is 15.8. The van der Waals surface area contributed by atoms with Gasteiger partial charge in [0.1, 0.15) is 10.7 Å². The van der Waals surface area contributed by atoms with Crippen molar-refractivity contribution in [3.63, 3.8) is 0 Å². The smallest absolute Gasteiger partial charge is 0.251 e. The number of amides is 1. The Bertz CT molecular complexity index is 1350. The molecule has 1 aromatic heterocycles. The molecule has 7 nitrogen and oxygen atoms in total. The van der Waals surface area contributed by atoms with E-state index >= 15 is 0 Å². The molecule has 1 fully saturated rings. The molecule has 1 amide bonds. The molecule has 2 aliphatic rings. The fourth-order valence-corrected chi connectivity index (χ4v) is 5.69. The largest absolute Gasteiger partial charge is 0.383 e. The molecule has 1 aliphatic heterocycles. The van der Waals surface area contributed by atoms with Gasteiger partial charge in [-0.15, -0.1) is 0 Å². The maximum Gasteiger partial charge on any atom is 0.251 e. The Labute approximate surface area is 191 Å². The molecule has 0 atom stereocenters. The van der Waals surface area contributed by atoms with Gasteiger partial charge in [0.2, 0.25) is 10.0 Å². The van der Waals surface area contributed by atoms with Gasteiger partial charge in [-0.1, -0.05) is 29.8 Å². The number of nitrogen functional groups attached to an aromatic ring is 1.